The quantitative estimate of drug-likeness (QED) is 0.299. The molecule has 0 aliphatic rings. The van der Waals surface area contributed by atoms with Crippen LogP contribution in [-0.4, -0.2) is 31.7 Å². The standard InChI is InChI=1S/C24H19ClN4O2S/c1-16(30)21(23(31)26-19-8-4-2-5-9-19)32-24-28-27-22(17-12-14-18(25)15-13-17)29(24)20-10-6-3-7-11-20/h2-15,21H,1H3,(H,26,31)/t21-/m0/s1. The zero-order chi connectivity index (χ0) is 22.5. The van der Waals surface area contributed by atoms with Crippen molar-refractivity contribution in [3.05, 3.63) is 90.0 Å². The lowest BCUT2D eigenvalue weighted by atomic mass is 10.2. The van der Waals surface area contributed by atoms with Gasteiger partial charge in [0, 0.05) is 22.0 Å². The van der Waals surface area contributed by atoms with Gasteiger partial charge in [0.25, 0.3) is 0 Å². The average Bonchev–Trinajstić information content (AvgIpc) is 3.22. The molecule has 4 aromatic rings. The number of hydrogen-bond donors (Lipinski definition) is 1. The summed E-state index contributed by atoms with van der Waals surface area (Å²) in [5, 5.41) is 11.5. The second kappa shape index (κ2) is 9.80. The first-order chi connectivity index (χ1) is 15.5. The number of hydrogen-bond acceptors (Lipinski definition) is 5. The first kappa shape index (κ1) is 21.8. The number of carbonyl (C=O) groups is 2. The molecule has 0 saturated carbocycles. The van der Waals surface area contributed by atoms with Crippen molar-refractivity contribution in [2.24, 2.45) is 0 Å². The maximum Gasteiger partial charge on any atom is 0.245 e. The Morgan fingerprint density at radius 3 is 2.16 bits per heavy atom. The van der Waals surface area contributed by atoms with Gasteiger partial charge in [-0.2, -0.15) is 0 Å². The van der Waals surface area contributed by atoms with Crippen LogP contribution in [0.25, 0.3) is 17.1 Å². The lowest BCUT2D eigenvalue weighted by Gasteiger charge is -2.15. The van der Waals surface area contributed by atoms with Gasteiger partial charge >= 0.3 is 0 Å². The van der Waals surface area contributed by atoms with E-state index in [1.54, 1.807) is 24.3 Å². The topological polar surface area (TPSA) is 76.9 Å². The molecule has 0 bridgehead atoms. The third-order valence-corrected chi connectivity index (χ3v) is 6.13. The highest BCUT2D eigenvalue weighted by molar-refractivity contribution is 8.01. The number of nitrogens with zero attached hydrogens (tertiary/aromatic N) is 3. The number of carbonyl (C=O) groups excluding carboxylic acids is 2. The average molecular weight is 463 g/mol. The number of rotatable bonds is 7. The summed E-state index contributed by atoms with van der Waals surface area (Å²) in [7, 11) is 0. The van der Waals surface area contributed by atoms with Crippen molar-refractivity contribution in [3.63, 3.8) is 0 Å². The molecule has 32 heavy (non-hydrogen) atoms. The van der Waals surface area contributed by atoms with Crippen molar-refractivity contribution in [3.8, 4) is 17.1 Å². The fourth-order valence-electron chi connectivity index (χ4n) is 3.10. The number of Topliss-reactive ketones (excluding diaryl/α,β-unsaturated/α-hetero) is 1. The number of aromatic nitrogens is 3. The van der Waals surface area contributed by atoms with Crippen LogP contribution in [0, 0.1) is 0 Å². The highest BCUT2D eigenvalue weighted by atomic mass is 35.5. The molecule has 8 heteroatoms. The van der Waals surface area contributed by atoms with Gasteiger partial charge in [0.15, 0.2) is 16.8 Å². The van der Waals surface area contributed by atoms with Crippen LogP contribution in [0.4, 0.5) is 5.69 Å². The molecule has 0 fully saturated rings. The Balaban J connectivity index is 1.71. The number of benzene rings is 3. The number of ketones is 1. The van der Waals surface area contributed by atoms with Gasteiger partial charge in [-0.25, -0.2) is 0 Å². The van der Waals surface area contributed by atoms with Gasteiger partial charge in [-0.05, 0) is 55.5 Å². The van der Waals surface area contributed by atoms with Crippen LogP contribution in [-0.2, 0) is 9.59 Å². The molecule has 0 aliphatic carbocycles. The second-order valence-electron chi connectivity index (χ2n) is 6.95. The number of nitrogens with one attached hydrogen (secondary N) is 1. The Morgan fingerprint density at radius 2 is 1.53 bits per heavy atom. The summed E-state index contributed by atoms with van der Waals surface area (Å²) in [6, 6.07) is 25.8. The number of anilines is 1. The zero-order valence-corrected chi connectivity index (χ0v) is 18.7. The summed E-state index contributed by atoms with van der Waals surface area (Å²) in [5.74, 6) is -0.107. The summed E-state index contributed by atoms with van der Waals surface area (Å²) in [4.78, 5) is 25.3. The number of halogens is 1. The van der Waals surface area contributed by atoms with Gasteiger partial charge in [0.2, 0.25) is 5.91 Å². The Morgan fingerprint density at radius 1 is 0.906 bits per heavy atom. The minimum absolute atomic E-state index is 0.279. The molecular formula is C24H19ClN4O2S. The molecule has 1 amide bonds. The molecule has 1 atom stereocenters. The Labute approximate surface area is 194 Å². The van der Waals surface area contributed by atoms with E-state index in [2.05, 4.69) is 15.5 Å². The van der Waals surface area contributed by atoms with Crippen LogP contribution in [0.2, 0.25) is 5.02 Å². The van der Waals surface area contributed by atoms with Crippen molar-refractivity contribution in [1.29, 1.82) is 0 Å². The molecule has 1 heterocycles. The lowest BCUT2D eigenvalue weighted by molar-refractivity contribution is -0.123. The van der Waals surface area contributed by atoms with Gasteiger partial charge in [0.05, 0.1) is 0 Å². The van der Waals surface area contributed by atoms with E-state index in [0.717, 1.165) is 23.0 Å². The minimum Gasteiger partial charge on any atom is -0.325 e. The number of thioether (sulfide) groups is 1. The Hall–Kier alpha value is -3.42. The van der Waals surface area contributed by atoms with E-state index in [1.165, 1.54) is 6.92 Å². The predicted octanol–water partition coefficient (Wildman–Crippen LogP) is 5.28. The van der Waals surface area contributed by atoms with E-state index in [4.69, 9.17) is 11.6 Å². The van der Waals surface area contributed by atoms with Crippen molar-refractivity contribution in [1.82, 2.24) is 14.8 Å². The van der Waals surface area contributed by atoms with Crippen molar-refractivity contribution >= 4 is 40.7 Å². The molecule has 6 nitrogen and oxygen atoms in total. The largest absolute Gasteiger partial charge is 0.325 e. The van der Waals surface area contributed by atoms with Crippen molar-refractivity contribution in [2.45, 2.75) is 17.3 Å². The third-order valence-electron chi connectivity index (χ3n) is 4.62. The molecule has 1 N–H and O–H groups in total. The van der Waals surface area contributed by atoms with E-state index in [9.17, 15) is 9.59 Å². The first-order valence-electron chi connectivity index (χ1n) is 9.83. The van der Waals surface area contributed by atoms with E-state index < -0.39 is 11.2 Å². The van der Waals surface area contributed by atoms with Crippen LogP contribution in [0.15, 0.2) is 90.1 Å². The normalized spacial score (nSPS) is 11.7. The molecule has 4 rings (SSSR count). The van der Waals surface area contributed by atoms with Gasteiger partial charge in [-0.15, -0.1) is 10.2 Å². The van der Waals surface area contributed by atoms with E-state index >= 15 is 0 Å². The molecule has 160 valence electrons. The predicted molar refractivity (Wildman–Crippen MR) is 127 cm³/mol. The van der Waals surface area contributed by atoms with Gasteiger partial charge in [-0.1, -0.05) is 59.8 Å². The Kier molecular flexibility index (Phi) is 6.68. The maximum absolute atomic E-state index is 12.9. The molecule has 3 aromatic carbocycles. The molecule has 0 saturated heterocycles. The van der Waals surface area contributed by atoms with Crippen molar-refractivity contribution in [2.75, 3.05) is 5.32 Å². The van der Waals surface area contributed by atoms with Crippen LogP contribution < -0.4 is 5.32 Å². The van der Waals surface area contributed by atoms with Gasteiger partial charge < -0.3 is 5.32 Å². The highest BCUT2D eigenvalue weighted by Crippen LogP contribution is 2.31. The van der Waals surface area contributed by atoms with Crippen LogP contribution in [0.5, 0.6) is 0 Å². The zero-order valence-electron chi connectivity index (χ0n) is 17.1. The monoisotopic (exact) mass is 462 g/mol. The highest BCUT2D eigenvalue weighted by Gasteiger charge is 2.28. The molecule has 0 radical (unpaired) electrons. The third kappa shape index (κ3) is 4.90. The smallest absolute Gasteiger partial charge is 0.245 e. The van der Waals surface area contributed by atoms with E-state index in [-0.39, 0.29) is 5.78 Å². The summed E-state index contributed by atoms with van der Waals surface area (Å²) >= 11 is 7.10. The lowest BCUT2D eigenvalue weighted by Crippen LogP contribution is -2.31. The fraction of sp³-hybridized carbons (Fsp3) is 0.0833. The van der Waals surface area contributed by atoms with Crippen molar-refractivity contribution < 1.29 is 9.59 Å². The molecule has 0 unspecified atom stereocenters. The summed E-state index contributed by atoms with van der Waals surface area (Å²) < 4.78 is 1.83. The number of para-hydroxylation sites is 2. The molecule has 0 aliphatic heterocycles. The van der Waals surface area contributed by atoms with E-state index in [1.807, 2.05) is 65.2 Å². The molecule has 0 spiro atoms. The summed E-state index contributed by atoms with van der Waals surface area (Å²) in [5.41, 5.74) is 2.25. The fourth-order valence-corrected chi connectivity index (χ4v) is 4.15. The van der Waals surface area contributed by atoms with Crippen LogP contribution in [0.1, 0.15) is 6.92 Å². The van der Waals surface area contributed by atoms with Crippen LogP contribution in [0.3, 0.4) is 0 Å². The summed E-state index contributed by atoms with van der Waals surface area (Å²) in [6.07, 6.45) is 0. The molecular weight excluding hydrogens is 444 g/mol. The van der Waals surface area contributed by atoms with Gasteiger partial charge in [-0.3, -0.25) is 14.2 Å². The molecule has 1 aromatic heterocycles. The maximum atomic E-state index is 12.9. The number of amides is 1. The van der Waals surface area contributed by atoms with Gasteiger partial charge in [0.1, 0.15) is 5.25 Å². The van der Waals surface area contributed by atoms with E-state index in [0.29, 0.717) is 21.7 Å². The summed E-state index contributed by atoms with van der Waals surface area (Å²) in [6.45, 7) is 1.39. The Bertz CT molecular complexity index is 1230. The second-order valence-corrected chi connectivity index (χ2v) is 8.46. The minimum atomic E-state index is -0.986. The van der Waals surface area contributed by atoms with Crippen LogP contribution >= 0.6 is 23.4 Å². The first-order valence-corrected chi connectivity index (χ1v) is 11.1. The SMILES string of the molecule is CC(=O)[C@H](Sc1nnc(-c2ccc(Cl)cc2)n1-c1ccccc1)C(=O)Nc1ccccc1.